The molecular formula is C14H18ClNO4. The molecule has 0 saturated heterocycles. The molecule has 1 aromatic carbocycles. The third-order valence-corrected chi connectivity index (χ3v) is 2.76. The fourth-order valence-electron chi connectivity index (χ4n) is 1.64. The summed E-state index contributed by atoms with van der Waals surface area (Å²) in [4.78, 5) is 24.2. The first-order valence-electron chi connectivity index (χ1n) is 6.40. The molecule has 6 heteroatoms. The zero-order chi connectivity index (χ0) is 15.0. The summed E-state index contributed by atoms with van der Waals surface area (Å²) >= 11 is 5.87. The molecule has 0 spiro atoms. The van der Waals surface area contributed by atoms with Crippen molar-refractivity contribution in [1.82, 2.24) is 0 Å². The quantitative estimate of drug-likeness (QED) is 0.749. The van der Waals surface area contributed by atoms with Crippen LogP contribution >= 0.6 is 11.6 Å². The average Bonchev–Trinajstić information content (AvgIpc) is 2.40. The Morgan fingerprint density at radius 1 is 1.35 bits per heavy atom. The Balaban J connectivity index is 2.73. The Morgan fingerprint density at radius 3 is 2.70 bits per heavy atom. The van der Waals surface area contributed by atoms with Crippen LogP contribution in [0.25, 0.3) is 0 Å². The number of halogens is 1. The molecule has 110 valence electrons. The minimum atomic E-state index is -1.08. The molecule has 0 aliphatic carbocycles. The Bertz CT molecular complexity index is 464. The zero-order valence-corrected chi connectivity index (χ0v) is 12.1. The molecule has 0 atom stereocenters. The summed E-state index contributed by atoms with van der Waals surface area (Å²) in [7, 11) is 0. The molecule has 0 radical (unpaired) electrons. The van der Waals surface area contributed by atoms with Crippen LogP contribution in [0.3, 0.4) is 0 Å². The lowest BCUT2D eigenvalue weighted by Crippen LogP contribution is -2.36. The van der Waals surface area contributed by atoms with E-state index in [0.29, 0.717) is 17.3 Å². The van der Waals surface area contributed by atoms with Gasteiger partial charge in [-0.25, -0.2) is 0 Å². The van der Waals surface area contributed by atoms with Crippen molar-refractivity contribution in [3.63, 3.8) is 0 Å². The third kappa shape index (κ3) is 5.59. The van der Waals surface area contributed by atoms with E-state index in [9.17, 15) is 9.59 Å². The largest absolute Gasteiger partial charge is 0.480 e. The molecule has 1 N–H and O–H groups in total. The normalized spacial score (nSPS) is 10.3. The van der Waals surface area contributed by atoms with Crippen molar-refractivity contribution in [2.75, 3.05) is 24.7 Å². The zero-order valence-electron chi connectivity index (χ0n) is 11.3. The van der Waals surface area contributed by atoms with Gasteiger partial charge in [0.2, 0.25) is 5.91 Å². The molecule has 0 aromatic heterocycles. The summed E-state index contributed by atoms with van der Waals surface area (Å²) < 4.78 is 5.25. The number of ether oxygens (including phenoxy) is 1. The van der Waals surface area contributed by atoms with Crippen LogP contribution in [0.5, 0.6) is 0 Å². The van der Waals surface area contributed by atoms with E-state index in [1.807, 2.05) is 6.92 Å². The van der Waals surface area contributed by atoms with Crippen molar-refractivity contribution in [1.29, 1.82) is 0 Å². The van der Waals surface area contributed by atoms with Gasteiger partial charge < -0.3 is 14.7 Å². The van der Waals surface area contributed by atoms with Gasteiger partial charge in [0.05, 0.1) is 13.0 Å². The first kappa shape index (κ1) is 16.5. The lowest BCUT2D eigenvalue weighted by Gasteiger charge is -2.21. The van der Waals surface area contributed by atoms with E-state index in [1.165, 1.54) is 4.90 Å². The van der Waals surface area contributed by atoms with Gasteiger partial charge in [-0.15, -0.1) is 0 Å². The number of aliphatic carboxylic acids is 1. The van der Waals surface area contributed by atoms with Gasteiger partial charge in [-0.1, -0.05) is 24.6 Å². The first-order valence-corrected chi connectivity index (χ1v) is 6.78. The lowest BCUT2D eigenvalue weighted by molar-refractivity contribution is -0.136. The number of carboxylic acids is 1. The summed E-state index contributed by atoms with van der Waals surface area (Å²) in [6, 6.07) is 6.56. The maximum Gasteiger partial charge on any atom is 0.323 e. The molecule has 0 unspecified atom stereocenters. The second-order valence-corrected chi connectivity index (χ2v) is 4.65. The lowest BCUT2D eigenvalue weighted by atomic mass is 10.2. The van der Waals surface area contributed by atoms with E-state index in [0.717, 1.165) is 6.42 Å². The number of nitrogens with zero attached hydrogens (tertiary/aromatic N) is 1. The molecule has 0 bridgehead atoms. The average molecular weight is 300 g/mol. The SMILES string of the molecule is CCCOCCC(=O)N(CC(=O)O)c1cccc(Cl)c1. The molecule has 0 saturated carbocycles. The molecule has 0 heterocycles. The van der Waals surface area contributed by atoms with E-state index in [2.05, 4.69) is 0 Å². The van der Waals surface area contributed by atoms with Crippen molar-refractivity contribution < 1.29 is 19.4 Å². The predicted octanol–water partition coefficient (Wildman–Crippen LogP) is 2.57. The Morgan fingerprint density at radius 2 is 2.10 bits per heavy atom. The Kier molecular flexibility index (Phi) is 7.04. The van der Waals surface area contributed by atoms with Crippen LogP contribution in [0.15, 0.2) is 24.3 Å². The van der Waals surface area contributed by atoms with Gasteiger partial charge in [0.15, 0.2) is 0 Å². The Hall–Kier alpha value is -1.59. The predicted molar refractivity (Wildman–Crippen MR) is 77.2 cm³/mol. The van der Waals surface area contributed by atoms with Crippen molar-refractivity contribution in [3.05, 3.63) is 29.3 Å². The van der Waals surface area contributed by atoms with Gasteiger partial charge in [-0.05, 0) is 24.6 Å². The molecule has 0 fully saturated rings. The molecule has 1 amide bonds. The summed E-state index contributed by atoms with van der Waals surface area (Å²) in [6.45, 7) is 2.45. The van der Waals surface area contributed by atoms with E-state index in [1.54, 1.807) is 24.3 Å². The number of carbonyl (C=O) groups excluding carboxylic acids is 1. The summed E-state index contributed by atoms with van der Waals surface area (Å²) in [5, 5.41) is 9.37. The summed E-state index contributed by atoms with van der Waals surface area (Å²) in [6.07, 6.45) is 1.01. The minimum absolute atomic E-state index is 0.139. The molecule has 1 rings (SSSR count). The van der Waals surface area contributed by atoms with Gasteiger partial charge in [-0.3, -0.25) is 9.59 Å². The summed E-state index contributed by atoms with van der Waals surface area (Å²) in [5.74, 6) is -1.38. The van der Waals surface area contributed by atoms with Crippen LogP contribution in [-0.4, -0.2) is 36.7 Å². The highest BCUT2D eigenvalue weighted by Crippen LogP contribution is 2.20. The number of carbonyl (C=O) groups is 2. The van der Waals surface area contributed by atoms with Crippen molar-refractivity contribution in [2.24, 2.45) is 0 Å². The number of hydrogen-bond acceptors (Lipinski definition) is 3. The van der Waals surface area contributed by atoms with Crippen molar-refractivity contribution in [3.8, 4) is 0 Å². The highest BCUT2D eigenvalue weighted by atomic mass is 35.5. The van der Waals surface area contributed by atoms with E-state index in [-0.39, 0.29) is 18.9 Å². The monoisotopic (exact) mass is 299 g/mol. The highest BCUT2D eigenvalue weighted by molar-refractivity contribution is 6.30. The number of benzene rings is 1. The van der Waals surface area contributed by atoms with Crippen LogP contribution in [0.2, 0.25) is 5.02 Å². The summed E-state index contributed by atoms with van der Waals surface area (Å²) in [5.41, 5.74) is 0.473. The number of amides is 1. The van der Waals surface area contributed by atoms with Crippen LogP contribution in [-0.2, 0) is 14.3 Å². The van der Waals surface area contributed by atoms with Crippen LogP contribution < -0.4 is 4.90 Å². The number of carboxylic acid groups (broad SMARTS) is 1. The molecule has 5 nitrogen and oxygen atoms in total. The van der Waals surface area contributed by atoms with E-state index >= 15 is 0 Å². The number of anilines is 1. The number of hydrogen-bond donors (Lipinski definition) is 1. The molecule has 20 heavy (non-hydrogen) atoms. The number of rotatable bonds is 8. The van der Waals surface area contributed by atoms with Gasteiger partial charge in [-0.2, -0.15) is 0 Å². The van der Waals surface area contributed by atoms with E-state index < -0.39 is 12.5 Å². The van der Waals surface area contributed by atoms with Crippen molar-refractivity contribution >= 4 is 29.2 Å². The van der Waals surface area contributed by atoms with Crippen LogP contribution in [0, 0.1) is 0 Å². The molecular weight excluding hydrogens is 282 g/mol. The maximum absolute atomic E-state index is 12.1. The standard InChI is InChI=1S/C14H18ClNO4/c1-2-7-20-8-6-13(17)16(10-14(18)19)12-5-3-4-11(15)9-12/h3-5,9H,2,6-8,10H2,1H3,(H,18,19). The van der Waals surface area contributed by atoms with Crippen molar-refractivity contribution in [2.45, 2.75) is 19.8 Å². The molecule has 1 aromatic rings. The van der Waals surface area contributed by atoms with Gasteiger partial charge >= 0.3 is 5.97 Å². The van der Waals surface area contributed by atoms with Gasteiger partial charge in [0.1, 0.15) is 6.54 Å². The molecule has 0 aliphatic rings. The third-order valence-electron chi connectivity index (χ3n) is 2.52. The first-order chi connectivity index (χ1) is 9.54. The maximum atomic E-state index is 12.1. The highest BCUT2D eigenvalue weighted by Gasteiger charge is 2.18. The smallest absolute Gasteiger partial charge is 0.323 e. The molecule has 0 aliphatic heterocycles. The van der Waals surface area contributed by atoms with Gasteiger partial charge in [0.25, 0.3) is 0 Å². The van der Waals surface area contributed by atoms with Crippen LogP contribution in [0.1, 0.15) is 19.8 Å². The Labute approximate surface area is 123 Å². The second kappa shape index (κ2) is 8.55. The topological polar surface area (TPSA) is 66.8 Å². The van der Waals surface area contributed by atoms with Gasteiger partial charge in [0, 0.05) is 17.3 Å². The fraction of sp³-hybridized carbons (Fsp3) is 0.429. The van der Waals surface area contributed by atoms with E-state index in [4.69, 9.17) is 21.4 Å². The minimum Gasteiger partial charge on any atom is -0.480 e. The fourth-order valence-corrected chi connectivity index (χ4v) is 1.83. The van der Waals surface area contributed by atoms with Crippen LogP contribution in [0.4, 0.5) is 5.69 Å². The second-order valence-electron chi connectivity index (χ2n) is 4.22.